The molecule has 0 bridgehead atoms. The first-order chi connectivity index (χ1) is 16.9. The molecule has 180 valence electrons. The van der Waals surface area contributed by atoms with E-state index in [1.807, 2.05) is 19.1 Å². The molecule has 7 heteroatoms. The van der Waals surface area contributed by atoms with E-state index in [0.717, 1.165) is 11.6 Å². The largest absolute Gasteiger partial charge is 0.494 e. The van der Waals surface area contributed by atoms with Crippen LogP contribution in [0.25, 0.3) is 0 Å². The second-order valence-corrected chi connectivity index (χ2v) is 7.57. The van der Waals surface area contributed by atoms with Crippen molar-refractivity contribution >= 4 is 17.9 Å². The highest BCUT2D eigenvalue weighted by Gasteiger charge is 2.11. The van der Waals surface area contributed by atoms with Gasteiger partial charge < -0.3 is 18.9 Å². The third-order valence-corrected chi connectivity index (χ3v) is 4.84. The van der Waals surface area contributed by atoms with Crippen molar-refractivity contribution in [1.29, 1.82) is 0 Å². The lowest BCUT2D eigenvalue weighted by Crippen LogP contribution is -2.09. The highest BCUT2D eigenvalue weighted by Crippen LogP contribution is 2.21. The molecule has 0 saturated heterocycles. The van der Waals surface area contributed by atoms with Crippen LogP contribution in [-0.2, 0) is 9.53 Å². The molecule has 3 aromatic carbocycles. The molecule has 0 spiro atoms. The molecule has 3 aromatic rings. The first kappa shape index (κ1) is 25.2. The number of aryl methyl sites for hydroxylation is 1. The molecule has 0 fully saturated rings. The standard InChI is InChI=1S/C28H26O7/c1-3-26(29)33-19-5-4-18-32-23-12-10-22(11-13-23)28(31)35-25-16-14-24(15-17-25)34-27(30)21-8-6-20(2)7-9-21/h3,6-17H,1,4-5,18-19H2,2H3. The van der Waals surface area contributed by atoms with E-state index in [1.165, 1.54) is 0 Å². The molecule has 0 saturated carbocycles. The number of hydrogen-bond acceptors (Lipinski definition) is 7. The highest BCUT2D eigenvalue weighted by molar-refractivity contribution is 5.92. The fourth-order valence-corrected chi connectivity index (χ4v) is 2.91. The molecule has 7 nitrogen and oxygen atoms in total. The third kappa shape index (κ3) is 8.16. The SMILES string of the molecule is C=CC(=O)OCCCCOc1ccc(C(=O)Oc2ccc(OC(=O)c3ccc(C)cc3)cc2)cc1. The molecule has 3 rings (SSSR count). The zero-order chi connectivity index (χ0) is 25.0. The Labute approximate surface area is 203 Å². The van der Waals surface area contributed by atoms with Gasteiger partial charge in [-0.1, -0.05) is 24.3 Å². The van der Waals surface area contributed by atoms with Crippen LogP contribution in [-0.4, -0.2) is 31.1 Å². The number of hydrogen-bond donors (Lipinski definition) is 0. The van der Waals surface area contributed by atoms with Gasteiger partial charge in [-0.05, 0) is 80.4 Å². The van der Waals surface area contributed by atoms with Crippen molar-refractivity contribution in [3.8, 4) is 17.2 Å². The van der Waals surface area contributed by atoms with Gasteiger partial charge in [0.05, 0.1) is 24.3 Å². The summed E-state index contributed by atoms with van der Waals surface area (Å²) in [6, 6.07) is 19.9. The van der Waals surface area contributed by atoms with Crippen molar-refractivity contribution < 1.29 is 33.3 Å². The van der Waals surface area contributed by atoms with Gasteiger partial charge in [-0.3, -0.25) is 0 Å². The van der Waals surface area contributed by atoms with E-state index < -0.39 is 17.9 Å². The minimum atomic E-state index is -0.523. The van der Waals surface area contributed by atoms with E-state index >= 15 is 0 Å². The first-order valence-corrected chi connectivity index (χ1v) is 11.1. The summed E-state index contributed by atoms with van der Waals surface area (Å²) in [5.41, 5.74) is 1.87. The van der Waals surface area contributed by atoms with Crippen LogP contribution in [0.4, 0.5) is 0 Å². The number of unbranched alkanes of at least 4 members (excludes halogenated alkanes) is 1. The fourth-order valence-electron chi connectivity index (χ4n) is 2.91. The van der Waals surface area contributed by atoms with Gasteiger partial charge in [0.25, 0.3) is 0 Å². The zero-order valence-corrected chi connectivity index (χ0v) is 19.4. The quantitative estimate of drug-likeness (QED) is 0.161. The van der Waals surface area contributed by atoms with Gasteiger partial charge >= 0.3 is 17.9 Å². The summed E-state index contributed by atoms with van der Waals surface area (Å²) in [7, 11) is 0. The normalized spacial score (nSPS) is 10.2. The Morgan fingerprint density at radius 1 is 0.686 bits per heavy atom. The summed E-state index contributed by atoms with van der Waals surface area (Å²) in [4.78, 5) is 35.6. The highest BCUT2D eigenvalue weighted by atomic mass is 16.5. The number of benzene rings is 3. The number of esters is 3. The maximum atomic E-state index is 12.4. The van der Waals surface area contributed by atoms with Gasteiger partial charge in [-0.25, -0.2) is 14.4 Å². The molecule has 0 N–H and O–H groups in total. The van der Waals surface area contributed by atoms with Gasteiger partial charge in [0.15, 0.2) is 0 Å². The fraction of sp³-hybridized carbons (Fsp3) is 0.179. The van der Waals surface area contributed by atoms with E-state index in [2.05, 4.69) is 6.58 Å². The lowest BCUT2D eigenvalue weighted by molar-refractivity contribution is -0.137. The van der Waals surface area contributed by atoms with Crippen LogP contribution < -0.4 is 14.2 Å². The monoisotopic (exact) mass is 474 g/mol. The van der Waals surface area contributed by atoms with E-state index in [4.69, 9.17) is 18.9 Å². The van der Waals surface area contributed by atoms with E-state index in [-0.39, 0.29) is 0 Å². The molecule has 0 aliphatic rings. The Hall–Kier alpha value is -4.39. The topological polar surface area (TPSA) is 88.1 Å². The average molecular weight is 475 g/mol. The summed E-state index contributed by atoms with van der Waals surface area (Å²) in [6.45, 7) is 6.04. The van der Waals surface area contributed by atoms with Crippen LogP contribution in [0.5, 0.6) is 17.2 Å². The molecular weight excluding hydrogens is 448 g/mol. The second-order valence-electron chi connectivity index (χ2n) is 7.57. The summed E-state index contributed by atoms with van der Waals surface area (Å²) >= 11 is 0. The average Bonchev–Trinajstić information content (AvgIpc) is 2.87. The maximum absolute atomic E-state index is 12.4. The lowest BCUT2D eigenvalue weighted by Gasteiger charge is -2.08. The molecule has 0 amide bonds. The van der Waals surface area contributed by atoms with Crippen molar-refractivity contribution in [3.63, 3.8) is 0 Å². The maximum Gasteiger partial charge on any atom is 0.343 e. The Morgan fingerprint density at radius 2 is 1.14 bits per heavy atom. The molecule has 0 unspecified atom stereocenters. The molecule has 0 aliphatic carbocycles. The van der Waals surface area contributed by atoms with E-state index in [0.29, 0.717) is 54.4 Å². The van der Waals surface area contributed by atoms with Crippen molar-refractivity contribution in [1.82, 2.24) is 0 Å². The summed E-state index contributed by atoms with van der Waals surface area (Å²) in [5, 5.41) is 0. The van der Waals surface area contributed by atoms with Crippen LogP contribution in [0.2, 0.25) is 0 Å². The molecule has 0 aliphatic heterocycles. The molecule has 0 atom stereocenters. The van der Waals surface area contributed by atoms with Gasteiger partial charge in [-0.15, -0.1) is 0 Å². The van der Waals surface area contributed by atoms with Crippen LogP contribution in [0.1, 0.15) is 39.1 Å². The van der Waals surface area contributed by atoms with Crippen LogP contribution >= 0.6 is 0 Å². The summed E-state index contributed by atoms with van der Waals surface area (Å²) in [5.74, 6) is -0.146. The van der Waals surface area contributed by atoms with Crippen LogP contribution in [0.3, 0.4) is 0 Å². The van der Waals surface area contributed by atoms with Crippen LogP contribution in [0, 0.1) is 6.92 Å². The van der Waals surface area contributed by atoms with Crippen molar-refractivity contribution in [2.45, 2.75) is 19.8 Å². The Bertz CT molecular complexity index is 1150. The number of ether oxygens (including phenoxy) is 4. The predicted octanol–water partition coefficient (Wildman–Crippen LogP) is 5.32. The Balaban J connectivity index is 1.43. The molecule has 0 heterocycles. The molecule has 0 radical (unpaired) electrons. The molecule has 0 aromatic heterocycles. The summed E-state index contributed by atoms with van der Waals surface area (Å²) < 4.78 is 21.2. The van der Waals surface area contributed by atoms with Gasteiger partial charge in [0.2, 0.25) is 0 Å². The van der Waals surface area contributed by atoms with Gasteiger partial charge in [0, 0.05) is 6.08 Å². The van der Waals surface area contributed by atoms with Crippen LogP contribution in [0.15, 0.2) is 85.5 Å². The minimum Gasteiger partial charge on any atom is -0.494 e. The van der Waals surface area contributed by atoms with Crippen molar-refractivity contribution in [2.75, 3.05) is 13.2 Å². The molecule has 35 heavy (non-hydrogen) atoms. The smallest absolute Gasteiger partial charge is 0.343 e. The van der Waals surface area contributed by atoms with Gasteiger partial charge in [-0.2, -0.15) is 0 Å². The number of carbonyl (C=O) groups is 3. The molecular formula is C28H26O7. The van der Waals surface area contributed by atoms with Gasteiger partial charge in [0.1, 0.15) is 17.2 Å². The number of rotatable bonds is 11. The first-order valence-electron chi connectivity index (χ1n) is 11.1. The Morgan fingerprint density at radius 3 is 1.66 bits per heavy atom. The summed E-state index contributed by atoms with van der Waals surface area (Å²) in [6.07, 6.45) is 2.51. The number of carbonyl (C=O) groups excluding carboxylic acids is 3. The van der Waals surface area contributed by atoms with Crippen molar-refractivity contribution in [2.24, 2.45) is 0 Å². The Kier molecular flexibility index (Phi) is 9.19. The lowest BCUT2D eigenvalue weighted by atomic mass is 10.1. The second kappa shape index (κ2) is 12.7. The van der Waals surface area contributed by atoms with Crippen molar-refractivity contribution in [3.05, 3.63) is 102 Å². The third-order valence-electron chi connectivity index (χ3n) is 4.84. The van der Waals surface area contributed by atoms with E-state index in [9.17, 15) is 14.4 Å². The van der Waals surface area contributed by atoms with E-state index in [1.54, 1.807) is 60.7 Å². The predicted molar refractivity (Wildman–Crippen MR) is 130 cm³/mol. The minimum absolute atomic E-state index is 0.315. The zero-order valence-electron chi connectivity index (χ0n) is 19.4.